The van der Waals surface area contributed by atoms with E-state index in [1.807, 2.05) is 42.5 Å². The summed E-state index contributed by atoms with van der Waals surface area (Å²) in [6.07, 6.45) is 0.926. The summed E-state index contributed by atoms with van der Waals surface area (Å²) < 4.78 is 11.0. The monoisotopic (exact) mass is 372 g/mol. The lowest BCUT2D eigenvalue weighted by molar-refractivity contribution is 0.315. The summed E-state index contributed by atoms with van der Waals surface area (Å²) in [6, 6.07) is 26.7. The number of methoxy groups -OCH3 is 1. The number of rotatable bonds is 8. The summed E-state index contributed by atoms with van der Waals surface area (Å²) in [7, 11) is 1.67. The molecule has 4 rings (SSSR count). The van der Waals surface area contributed by atoms with Crippen molar-refractivity contribution in [2.75, 3.05) is 25.6 Å². The third-order valence-electron chi connectivity index (χ3n) is 4.70. The number of anilines is 1. The van der Waals surface area contributed by atoms with Crippen LogP contribution in [0.1, 0.15) is 6.42 Å². The van der Waals surface area contributed by atoms with Gasteiger partial charge in [-0.1, -0.05) is 18.2 Å². The summed E-state index contributed by atoms with van der Waals surface area (Å²) in [6.45, 7) is 1.54. The van der Waals surface area contributed by atoms with Crippen LogP contribution in [0.4, 0.5) is 5.69 Å². The first-order chi connectivity index (χ1) is 13.8. The summed E-state index contributed by atoms with van der Waals surface area (Å²) in [5.74, 6) is 1.76. The van der Waals surface area contributed by atoms with Crippen molar-refractivity contribution in [3.63, 3.8) is 0 Å². The number of benzene rings is 3. The van der Waals surface area contributed by atoms with Gasteiger partial charge in [-0.25, -0.2) is 0 Å². The van der Waals surface area contributed by atoms with E-state index in [1.165, 1.54) is 5.39 Å². The average Bonchev–Trinajstić information content (AvgIpc) is 3.19. The van der Waals surface area contributed by atoms with Crippen LogP contribution in [0.2, 0.25) is 0 Å². The summed E-state index contributed by atoms with van der Waals surface area (Å²) in [4.78, 5) is 3.46. The smallest absolute Gasteiger partial charge is 0.119 e. The maximum absolute atomic E-state index is 5.86. The minimum absolute atomic E-state index is 0.675. The molecule has 0 bridgehead atoms. The van der Waals surface area contributed by atoms with Gasteiger partial charge in [0.1, 0.15) is 11.5 Å². The Morgan fingerprint density at radius 1 is 0.857 bits per heavy atom. The Kier molecular flexibility index (Phi) is 5.48. The minimum Gasteiger partial charge on any atom is -0.497 e. The number of aromatic amines is 1. The number of aromatic nitrogens is 1. The van der Waals surface area contributed by atoms with Crippen LogP contribution in [0, 0.1) is 0 Å². The lowest BCUT2D eigenvalue weighted by Crippen LogP contribution is -2.07. The van der Waals surface area contributed by atoms with Gasteiger partial charge in [-0.15, -0.1) is 0 Å². The van der Waals surface area contributed by atoms with E-state index in [1.54, 1.807) is 7.11 Å². The molecule has 0 fully saturated rings. The highest BCUT2D eigenvalue weighted by Crippen LogP contribution is 2.25. The van der Waals surface area contributed by atoms with Crippen LogP contribution in [-0.4, -0.2) is 25.2 Å². The van der Waals surface area contributed by atoms with Crippen LogP contribution in [0.5, 0.6) is 11.5 Å². The molecule has 1 aromatic heterocycles. The van der Waals surface area contributed by atoms with Gasteiger partial charge in [0.25, 0.3) is 0 Å². The van der Waals surface area contributed by atoms with Gasteiger partial charge < -0.3 is 19.8 Å². The molecule has 2 N–H and O–H groups in total. The molecule has 142 valence electrons. The van der Waals surface area contributed by atoms with Crippen LogP contribution >= 0.6 is 0 Å². The number of hydrogen-bond donors (Lipinski definition) is 2. The van der Waals surface area contributed by atoms with Gasteiger partial charge in [-0.05, 0) is 72.6 Å². The zero-order chi connectivity index (χ0) is 19.2. The molecule has 0 saturated heterocycles. The maximum Gasteiger partial charge on any atom is 0.119 e. The van der Waals surface area contributed by atoms with Crippen molar-refractivity contribution >= 4 is 16.6 Å². The van der Waals surface area contributed by atoms with E-state index in [-0.39, 0.29) is 0 Å². The molecular weight excluding hydrogens is 348 g/mol. The van der Waals surface area contributed by atoms with Crippen LogP contribution in [0.15, 0.2) is 78.9 Å². The number of H-pyrrole nitrogens is 1. The third-order valence-corrected chi connectivity index (χ3v) is 4.70. The average molecular weight is 372 g/mol. The van der Waals surface area contributed by atoms with Gasteiger partial charge in [-0.2, -0.15) is 0 Å². The van der Waals surface area contributed by atoms with Crippen LogP contribution < -0.4 is 14.8 Å². The predicted molar refractivity (Wildman–Crippen MR) is 115 cm³/mol. The lowest BCUT2D eigenvalue weighted by Gasteiger charge is -2.09. The Bertz CT molecular complexity index is 988. The first kappa shape index (κ1) is 18.0. The highest BCUT2D eigenvalue weighted by Gasteiger charge is 2.03. The van der Waals surface area contributed by atoms with Gasteiger partial charge >= 0.3 is 0 Å². The molecule has 28 heavy (non-hydrogen) atoms. The Hall–Kier alpha value is -3.40. The fraction of sp³-hybridized carbons (Fsp3) is 0.167. The van der Waals surface area contributed by atoms with E-state index in [0.717, 1.165) is 46.9 Å². The minimum atomic E-state index is 0.675. The van der Waals surface area contributed by atoms with E-state index in [9.17, 15) is 0 Å². The Morgan fingerprint density at radius 3 is 2.36 bits per heavy atom. The number of fused-ring (bicyclic) bond motifs is 1. The zero-order valence-corrected chi connectivity index (χ0v) is 15.9. The second-order valence-electron chi connectivity index (χ2n) is 6.65. The molecule has 0 aliphatic heterocycles. The van der Waals surface area contributed by atoms with Crippen LogP contribution in [0.25, 0.3) is 22.2 Å². The molecule has 0 aliphatic rings. The Balaban J connectivity index is 1.25. The van der Waals surface area contributed by atoms with E-state index in [4.69, 9.17) is 9.47 Å². The van der Waals surface area contributed by atoms with Crippen molar-refractivity contribution in [2.45, 2.75) is 6.42 Å². The molecular formula is C24H24N2O2. The van der Waals surface area contributed by atoms with Gasteiger partial charge in [0.05, 0.1) is 13.7 Å². The van der Waals surface area contributed by atoms with Crippen molar-refractivity contribution in [2.24, 2.45) is 0 Å². The summed E-state index contributed by atoms with van der Waals surface area (Å²) >= 11 is 0. The van der Waals surface area contributed by atoms with E-state index >= 15 is 0 Å². The fourth-order valence-corrected chi connectivity index (χ4v) is 3.16. The number of para-hydroxylation sites is 1. The number of ether oxygens (including phenoxy) is 2. The highest BCUT2D eigenvalue weighted by atomic mass is 16.5. The highest BCUT2D eigenvalue weighted by molar-refractivity contribution is 5.85. The first-order valence-corrected chi connectivity index (χ1v) is 9.51. The van der Waals surface area contributed by atoms with Crippen molar-refractivity contribution in [1.29, 1.82) is 0 Å². The molecule has 0 unspecified atom stereocenters. The molecule has 0 spiro atoms. The second kappa shape index (κ2) is 8.53. The van der Waals surface area contributed by atoms with Crippen molar-refractivity contribution in [1.82, 2.24) is 4.98 Å². The van der Waals surface area contributed by atoms with Gasteiger partial charge in [0.2, 0.25) is 0 Å². The topological polar surface area (TPSA) is 46.3 Å². The molecule has 4 nitrogen and oxygen atoms in total. The van der Waals surface area contributed by atoms with Crippen LogP contribution in [0.3, 0.4) is 0 Å². The standard InChI is InChI=1S/C24H24N2O2/c1-27-21-13-9-20(10-14-21)25-15-4-16-28-22-11-7-18(8-12-22)24-17-19-5-2-3-6-23(19)26-24/h2-3,5-14,17,25-26H,4,15-16H2,1H3. The Morgan fingerprint density at radius 2 is 1.61 bits per heavy atom. The molecule has 0 radical (unpaired) electrons. The normalized spacial score (nSPS) is 10.8. The predicted octanol–water partition coefficient (Wildman–Crippen LogP) is 5.72. The summed E-state index contributed by atoms with van der Waals surface area (Å²) in [5, 5.41) is 4.61. The van der Waals surface area contributed by atoms with Crippen molar-refractivity contribution < 1.29 is 9.47 Å². The molecule has 0 amide bonds. The quantitative estimate of drug-likeness (QED) is 0.389. The molecule has 4 heteroatoms. The molecule has 1 heterocycles. The Labute approximate surface area is 165 Å². The van der Waals surface area contributed by atoms with Crippen molar-refractivity contribution in [3.05, 3.63) is 78.9 Å². The molecule has 0 saturated carbocycles. The molecule has 0 aliphatic carbocycles. The van der Waals surface area contributed by atoms with Gasteiger partial charge in [0, 0.05) is 28.8 Å². The summed E-state index contributed by atoms with van der Waals surface area (Å²) in [5.41, 5.74) is 4.52. The van der Waals surface area contributed by atoms with E-state index in [0.29, 0.717) is 6.61 Å². The number of hydrogen-bond acceptors (Lipinski definition) is 3. The lowest BCUT2D eigenvalue weighted by atomic mass is 10.1. The first-order valence-electron chi connectivity index (χ1n) is 9.51. The number of nitrogens with one attached hydrogen (secondary N) is 2. The third kappa shape index (κ3) is 4.29. The van der Waals surface area contributed by atoms with Gasteiger partial charge in [-0.3, -0.25) is 0 Å². The fourth-order valence-electron chi connectivity index (χ4n) is 3.16. The zero-order valence-electron chi connectivity index (χ0n) is 15.9. The van der Waals surface area contributed by atoms with Crippen LogP contribution in [-0.2, 0) is 0 Å². The van der Waals surface area contributed by atoms with Gasteiger partial charge in [0.15, 0.2) is 0 Å². The molecule has 0 atom stereocenters. The largest absolute Gasteiger partial charge is 0.497 e. The SMILES string of the molecule is COc1ccc(NCCCOc2ccc(-c3cc4ccccc4[nH]3)cc2)cc1. The molecule has 4 aromatic rings. The molecule has 3 aromatic carbocycles. The second-order valence-corrected chi connectivity index (χ2v) is 6.65. The van der Waals surface area contributed by atoms with E-state index in [2.05, 4.69) is 46.7 Å². The maximum atomic E-state index is 5.86. The van der Waals surface area contributed by atoms with E-state index < -0.39 is 0 Å². The van der Waals surface area contributed by atoms with Crippen molar-refractivity contribution in [3.8, 4) is 22.8 Å².